The number of furan rings is 1. The van der Waals surface area contributed by atoms with E-state index in [2.05, 4.69) is 43.0 Å². The highest BCUT2D eigenvalue weighted by molar-refractivity contribution is 5.94. The number of nitrogens with zero attached hydrogens (tertiary/aromatic N) is 5. The van der Waals surface area contributed by atoms with Crippen molar-refractivity contribution < 1.29 is 9.21 Å². The fraction of sp³-hybridized carbons (Fsp3) is 0.364. The Morgan fingerprint density at radius 2 is 2.17 bits per heavy atom. The molecule has 8 nitrogen and oxygen atoms in total. The van der Waals surface area contributed by atoms with Gasteiger partial charge in [0.25, 0.3) is 5.91 Å². The van der Waals surface area contributed by atoms with E-state index in [-0.39, 0.29) is 11.9 Å². The van der Waals surface area contributed by atoms with Crippen LogP contribution < -0.4 is 5.32 Å². The van der Waals surface area contributed by atoms with Gasteiger partial charge in [-0.15, -0.1) is 10.2 Å². The molecule has 1 N–H and O–H groups in total. The number of nitrogens with one attached hydrogen (secondary N) is 1. The van der Waals surface area contributed by atoms with E-state index in [0.717, 1.165) is 50.0 Å². The molecule has 0 bridgehead atoms. The van der Waals surface area contributed by atoms with Crippen LogP contribution in [0.1, 0.15) is 47.7 Å². The molecule has 0 spiro atoms. The Bertz CT molecular complexity index is 1010. The molecule has 0 saturated heterocycles. The lowest BCUT2D eigenvalue weighted by Gasteiger charge is -2.20. The molecule has 0 aromatic carbocycles. The molecular weight excluding hydrogens is 380 g/mol. The molecule has 1 aliphatic heterocycles. The Kier molecular flexibility index (Phi) is 6.04. The molecular formula is C22H26N6O2. The predicted molar refractivity (Wildman–Crippen MR) is 113 cm³/mol. The first-order chi connectivity index (χ1) is 14.6. The summed E-state index contributed by atoms with van der Waals surface area (Å²) in [6.45, 7) is 7.53. The minimum absolute atomic E-state index is 0.165. The van der Waals surface area contributed by atoms with Crippen molar-refractivity contribution in [1.82, 2.24) is 30.0 Å². The first kappa shape index (κ1) is 20.0. The van der Waals surface area contributed by atoms with Gasteiger partial charge in [0.15, 0.2) is 5.82 Å². The SMILES string of the molecule is C/C(=C\c1ccco1)CN1CCc2nnc(C(C)NC(=O)c3cccnc3)n2CC1. The van der Waals surface area contributed by atoms with Crippen LogP contribution in [-0.2, 0) is 13.0 Å². The first-order valence-electron chi connectivity index (χ1n) is 10.2. The normalized spacial score (nSPS) is 16.0. The molecule has 156 valence electrons. The molecule has 3 aromatic heterocycles. The monoisotopic (exact) mass is 406 g/mol. The summed E-state index contributed by atoms with van der Waals surface area (Å²) in [6.07, 6.45) is 7.79. The lowest BCUT2D eigenvalue weighted by Crippen LogP contribution is -2.31. The standard InChI is InChI=1S/C22H26N6O2/c1-16(13-19-6-4-12-30-19)15-27-9-7-20-25-26-21(28(20)11-10-27)17(2)24-22(29)18-5-3-8-23-14-18/h3-6,8,12-14,17H,7,9-11,15H2,1-2H3,(H,24,29)/b16-13+. The summed E-state index contributed by atoms with van der Waals surface area (Å²) < 4.78 is 7.54. The second kappa shape index (κ2) is 9.04. The van der Waals surface area contributed by atoms with Gasteiger partial charge in [-0.3, -0.25) is 14.7 Å². The third kappa shape index (κ3) is 4.65. The molecule has 3 aromatic rings. The Hall–Kier alpha value is -3.26. The third-order valence-corrected chi connectivity index (χ3v) is 5.21. The van der Waals surface area contributed by atoms with Gasteiger partial charge in [0, 0.05) is 45.0 Å². The minimum atomic E-state index is -0.244. The number of amides is 1. The second-order valence-electron chi connectivity index (χ2n) is 7.60. The third-order valence-electron chi connectivity index (χ3n) is 5.21. The van der Waals surface area contributed by atoms with Crippen molar-refractivity contribution in [1.29, 1.82) is 0 Å². The van der Waals surface area contributed by atoms with Gasteiger partial charge in [0.1, 0.15) is 11.6 Å². The number of pyridine rings is 1. The molecule has 4 heterocycles. The van der Waals surface area contributed by atoms with Gasteiger partial charge in [-0.1, -0.05) is 5.57 Å². The molecule has 30 heavy (non-hydrogen) atoms. The fourth-order valence-electron chi connectivity index (χ4n) is 3.72. The number of carbonyl (C=O) groups is 1. The van der Waals surface area contributed by atoms with Crippen LogP contribution in [0.5, 0.6) is 0 Å². The molecule has 1 unspecified atom stereocenters. The average Bonchev–Trinajstić information content (AvgIpc) is 3.36. The van der Waals surface area contributed by atoms with E-state index in [4.69, 9.17) is 4.42 Å². The van der Waals surface area contributed by atoms with Crippen molar-refractivity contribution >= 4 is 12.0 Å². The van der Waals surface area contributed by atoms with Crippen molar-refractivity contribution in [2.75, 3.05) is 19.6 Å². The van der Waals surface area contributed by atoms with Crippen molar-refractivity contribution in [3.63, 3.8) is 0 Å². The van der Waals surface area contributed by atoms with Crippen LogP contribution in [-0.4, -0.2) is 50.2 Å². The maximum atomic E-state index is 12.5. The molecule has 1 atom stereocenters. The summed E-state index contributed by atoms with van der Waals surface area (Å²) in [7, 11) is 0. The zero-order chi connectivity index (χ0) is 20.9. The summed E-state index contributed by atoms with van der Waals surface area (Å²) in [5, 5.41) is 11.7. The highest BCUT2D eigenvalue weighted by Gasteiger charge is 2.23. The van der Waals surface area contributed by atoms with Crippen molar-refractivity contribution in [3.05, 3.63) is 71.5 Å². The molecule has 8 heteroatoms. The quantitative estimate of drug-likeness (QED) is 0.677. The Labute approximate surface area is 175 Å². The average molecular weight is 406 g/mol. The van der Waals surface area contributed by atoms with Crippen LogP contribution >= 0.6 is 0 Å². The lowest BCUT2D eigenvalue weighted by molar-refractivity contribution is 0.0937. The lowest BCUT2D eigenvalue weighted by atomic mass is 10.2. The van der Waals surface area contributed by atoms with E-state index in [1.807, 2.05) is 19.1 Å². The summed E-state index contributed by atoms with van der Waals surface area (Å²) >= 11 is 0. The maximum Gasteiger partial charge on any atom is 0.253 e. The Balaban J connectivity index is 1.39. The highest BCUT2D eigenvalue weighted by atomic mass is 16.3. The smallest absolute Gasteiger partial charge is 0.253 e. The Morgan fingerprint density at radius 3 is 2.93 bits per heavy atom. The van der Waals surface area contributed by atoms with E-state index in [9.17, 15) is 4.79 Å². The van der Waals surface area contributed by atoms with Gasteiger partial charge in [-0.2, -0.15) is 0 Å². The number of carbonyl (C=O) groups excluding carboxylic acids is 1. The summed E-state index contributed by atoms with van der Waals surface area (Å²) in [6, 6.07) is 7.11. The van der Waals surface area contributed by atoms with Gasteiger partial charge in [-0.25, -0.2) is 0 Å². The summed E-state index contributed by atoms with van der Waals surface area (Å²) in [4.78, 5) is 18.9. The molecule has 0 saturated carbocycles. The van der Waals surface area contributed by atoms with Crippen LogP contribution in [0.15, 0.2) is 52.9 Å². The summed E-state index contributed by atoms with van der Waals surface area (Å²) in [5.41, 5.74) is 1.78. The summed E-state index contributed by atoms with van der Waals surface area (Å²) in [5.74, 6) is 2.45. The van der Waals surface area contributed by atoms with E-state index in [1.165, 1.54) is 5.57 Å². The van der Waals surface area contributed by atoms with Crippen LogP contribution in [0, 0.1) is 0 Å². The van der Waals surface area contributed by atoms with Crippen molar-refractivity contribution in [3.8, 4) is 0 Å². The maximum absolute atomic E-state index is 12.5. The number of rotatable bonds is 6. The zero-order valence-corrected chi connectivity index (χ0v) is 17.3. The topological polar surface area (TPSA) is 89.1 Å². The second-order valence-corrected chi connectivity index (χ2v) is 7.60. The molecule has 4 rings (SSSR count). The minimum Gasteiger partial charge on any atom is -0.465 e. The molecule has 0 fully saturated rings. The van der Waals surface area contributed by atoms with Crippen molar-refractivity contribution in [2.45, 2.75) is 32.9 Å². The van der Waals surface area contributed by atoms with Gasteiger partial charge in [-0.05, 0) is 44.2 Å². The van der Waals surface area contributed by atoms with Crippen molar-refractivity contribution in [2.24, 2.45) is 0 Å². The van der Waals surface area contributed by atoms with Crippen LogP contribution in [0.25, 0.3) is 6.08 Å². The van der Waals surface area contributed by atoms with E-state index >= 15 is 0 Å². The molecule has 0 aliphatic carbocycles. The molecule has 1 aliphatic rings. The van der Waals surface area contributed by atoms with E-state index in [0.29, 0.717) is 5.56 Å². The van der Waals surface area contributed by atoms with Gasteiger partial charge in [0.05, 0.1) is 17.9 Å². The largest absolute Gasteiger partial charge is 0.465 e. The number of aromatic nitrogens is 4. The van der Waals surface area contributed by atoms with Gasteiger partial charge < -0.3 is 14.3 Å². The number of hydrogen-bond donors (Lipinski definition) is 1. The van der Waals surface area contributed by atoms with Gasteiger partial charge >= 0.3 is 0 Å². The van der Waals surface area contributed by atoms with Crippen LogP contribution in [0.4, 0.5) is 0 Å². The fourth-order valence-corrected chi connectivity index (χ4v) is 3.72. The zero-order valence-electron chi connectivity index (χ0n) is 17.3. The first-order valence-corrected chi connectivity index (χ1v) is 10.2. The van der Waals surface area contributed by atoms with E-state index in [1.54, 1.807) is 30.8 Å². The predicted octanol–water partition coefficient (Wildman–Crippen LogP) is 2.72. The van der Waals surface area contributed by atoms with E-state index < -0.39 is 0 Å². The molecule has 1 amide bonds. The van der Waals surface area contributed by atoms with Crippen LogP contribution in [0.3, 0.4) is 0 Å². The number of fused-ring (bicyclic) bond motifs is 1. The van der Waals surface area contributed by atoms with Gasteiger partial charge in [0.2, 0.25) is 0 Å². The Morgan fingerprint density at radius 1 is 1.27 bits per heavy atom. The molecule has 0 radical (unpaired) electrons. The van der Waals surface area contributed by atoms with Crippen LogP contribution in [0.2, 0.25) is 0 Å². The number of hydrogen-bond acceptors (Lipinski definition) is 6. The highest BCUT2D eigenvalue weighted by Crippen LogP contribution is 2.17.